The maximum atomic E-state index is 12.2. The van der Waals surface area contributed by atoms with Crippen molar-refractivity contribution in [1.82, 2.24) is 5.32 Å². The van der Waals surface area contributed by atoms with Gasteiger partial charge in [-0.05, 0) is 55.8 Å². The summed E-state index contributed by atoms with van der Waals surface area (Å²) >= 11 is 0. The van der Waals surface area contributed by atoms with Gasteiger partial charge in [-0.25, -0.2) is 0 Å². The van der Waals surface area contributed by atoms with E-state index in [0.717, 1.165) is 31.0 Å². The summed E-state index contributed by atoms with van der Waals surface area (Å²) in [5, 5.41) is 6.35. The molecule has 1 aromatic carbocycles. The minimum absolute atomic E-state index is 0. The average Bonchev–Trinajstić information content (AvgIpc) is 3.26. The summed E-state index contributed by atoms with van der Waals surface area (Å²) in [5.74, 6) is 0.884. The molecule has 0 radical (unpaired) electrons. The Kier molecular flexibility index (Phi) is 5.44. The molecular formula is C16H23ClN2O. The molecule has 1 atom stereocenters. The van der Waals surface area contributed by atoms with Crippen LogP contribution < -0.4 is 10.6 Å². The molecule has 1 saturated heterocycles. The van der Waals surface area contributed by atoms with Gasteiger partial charge < -0.3 is 10.6 Å². The zero-order valence-electron chi connectivity index (χ0n) is 11.7. The van der Waals surface area contributed by atoms with E-state index in [9.17, 15) is 4.79 Å². The Morgan fingerprint density at radius 2 is 1.80 bits per heavy atom. The zero-order chi connectivity index (χ0) is 13.1. The van der Waals surface area contributed by atoms with E-state index >= 15 is 0 Å². The summed E-state index contributed by atoms with van der Waals surface area (Å²) in [7, 11) is 0. The van der Waals surface area contributed by atoms with Gasteiger partial charge in [-0.3, -0.25) is 4.79 Å². The fourth-order valence-corrected chi connectivity index (χ4v) is 2.74. The van der Waals surface area contributed by atoms with Gasteiger partial charge in [0.2, 0.25) is 5.91 Å². The predicted octanol–water partition coefficient (Wildman–Crippen LogP) is 3.46. The second kappa shape index (κ2) is 7.09. The molecule has 1 amide bonds. The molecular weight excluding hydrogens is 272 g/mol. The molecule has 20 heavy (non-hydrogen) atoms. The summed E-state index contributed by atoms with van der Waals surface area (Å²) in [6.45, 7) is 0.957. The van der Waals surface area contributed by atoms with Gasteiger partial charge in [-0.2, -0.15) is 0 Å². The van der Waals surface area contributed by atoms with Gasteiger partial charge in [-0.15, -0.1) is 12.4 Å². The van der Waals surface area contributed by atoms with E-state index in [4.69, 9.17) is 0 Å². The first kappa shape index (κ1) is 15.3. The average molecular weight is 295 g/mol. The second-order valence-corrected chi connectivity index (χ2v) is 5.74. The van der Waals surface area contributed by atoms with E-state index in [1.165, 1.54) is 31.2 Å². The second-order valence-electron chi connectivity index (χ2n) is 5.74. The van der Waals surface area contributed by atoms with Crippen molar-refractivity contribution in [1.29, 1.82) is 0 Å². The number of hydrogen-bond acceptors (Lipinski definition) is 2. The Morgan fingerprint density at radius 1 is 1.05 bits per heavy atom. The van der Waals surface area contributed by atoms with Crippen LogP contribution >= 0.6 is 12.4 Å². The highest BCUT2D eigenvalue weighted by Crippen LogP contribution is 2.40. The van der Waals surface area contributed by atoms with Crippen molar-refractivity contribution in [3.05, 3.63) is 29.8 Å². The van der Waals surface area contributed by atoms with Crippen LogP contribution in [0.1, 0.15) is 50.0 Å². The van der Waals surface area contributed by atoms with Crippen LogP contribution in [-0.4, -0.2) is 18.5 Å². The summed E-state index contributed by atoms with van der Waals surface area (Å²) in [5.41, 5.74) is 2.33. The Labute approximate surface area is 126 Å². The molecule has 0 bridgehead atoms. The van der Waals surface area contributed by atoms with E-state index in [1.807, 2.05) is 12.1 Å². The standard InChI is InChI=1S/C16H22N2O.ClH/c19-16(15-4-2-1-3-11-17-15)18-14-9-7-13(8-10-14)12-5-6-12;/h7-10,12,15,17H,1-6,11H2,(H,18,19);1H/t15-;/m1./s1. The van der Waals surface area contributed by atoms with Crippen LogP contribution in [0.3, 0.4) is 0 Å². The van der Waals surface area contributed by atoms with Crippen LogP contribution in [0.4, 0.5) is 5.69 Å². The minimum Gasteiger partial charge on any atom is -0.325 e. The topological polar surface area (TPSA) is 41.1 Å². The molecule has 1 aliphatic carbocycles. The molecule has 3 nitrogen and oxygen atoms in total. The van der Waals surface area contributed by atoms with Crippen molar-refractivity contribution in [3.8, 4) is 0 Å². The highest BCUT2D eigenvalue weighted by molar-refractivity contribution is 5.94. The third-order valence-corrected chi connectivity index (χ3v) is 4.10. The fourth-order valence-electron chi connectivity index (χ4n) is 2.74. The number of benzene rings is 1. The summed E-state index contributed by atoms with van der Waals surface area (Å²) in [6.07, 6.45) is 7.14. The molecule has 3 rings (SSSR count). The van der Waals surface area contributed by atoms with Crippen molar-refractivity contribution >= 4 is 24.0 Å². The molecule has 2 N–H and O–H groups in total. The molecule has 1 aliphatic heterocycles. The first-order chi connectivity index (χ1) is 9.33. The third-order valence-electron chi connectivity index (χ3n) is 4.10. The number of nitrogens with one attached hydrogen (secondary N) is 2. The lowest BCUT2D eigenvalue weighted by Gasteiger charge is -2.15. The lowest BCUT2D eigenvalue weighted by atomic mass is 10.1. The predicted molar refractivity (Wildman–Crippen MR) is 84.6 cm³/mol. The number of carbonyl (C=O) groups is 1. The molecule has 0 aromatic heterocycles. The first-order valence-electron chi connectivity index (χ1n) is 7.47. The van der Waals surface area contributed by atoms with Crippen LogP contribution in [0, 0.1) is 0 Å². The van der Waals surface area contributed by atoms with Crippen molar-refractivity contribution < 1.29 is 4.79 Å². The number of anilines is 1. The quantitative estimate of drug-likeness (QED) is 0.896. The van der Waals surface area contributed by atoms with Crippen LogP contribution in [-0.2, 0) is 4.79 Å². The number of amides is 1. The van der Waals surface area contributed by atoms with Crippen molar-refractivity contribution in [3.63, 3.8) is 0 Å². The van der Waals surface area contributed by atoms with Gasteiger partial charge in [0.1, 0.15) is 0 Å². The number of hydrogen-bond donors (Lipinski definition) is 2. The third kappa shape index (κ3) is 3.97. The van der Waals surface area contributed by atoms with Crippen LogP contribution in [0.15, 0.2) is 24.3 Å². The molecule has 0 spiro atoms. The van der Waals surface area contributed by atoms with Crippen LogP contribution in [0.5, 0.6) is 0 Å². The van der Waals surface area contributed by atoms with E-state index in [1.54, 1.807) is 0 Å². The van der Waals surface area contributed by atoms with Crippen molar-refractivity contribution in [2.75, 3.05) is 11.9 Å². The highest BCUT2D eigenvalue weighted by Gasteiger charge is 2.23. The van der Waals surface area contributed by atoms with E-state index in [0.29, 0.717) is 0 Å². The number of halogens is 1. The van der Waals surface area contributed by atoms with Gasteiger partial charge in [0, 0.05) is 5.69 Å². The maximum absolute atomic E-state index is 12.2. The minimum atomic E-state index is -0.0226. The Morgan fingerprint density at radius 3 is 2.50 bits per heavy atom. The van der Waals surface area contributed by atoms with Crippen LogP contribution in [0.25, 0.3) is 0 Å². The molecule has 4 heteroatoms. The Hall–Kier alpha value is -1.06. The molecule has 1 saturated carbocycles. The van der Waals surface area contributed by atoms with Gasteiger partial charge in [0.05, 0.1) is 6.04 Å². The molecule has 1 aromatic rings. The SMILES string of the molecule is Cl.O=C(Nc1ccc(C2CC2)cc1)[C@H]1CCCCCN1. The Bertz CT molecular complexity index is 434. The van der Waals surface area contributed by atoms with Gasteiger partial charge in [-0.1, -0.05) is 25.0 Å². The largest absolute Gasteiger partial charge is 0.325 e. The van der Waals surface area contributed by atoms with E-state index < -0.39 is 0 Å². The maximum Gasteiger partial charge on any atom is 0.241 e. The number of rotatable bonds is 3. The highest BCUT2D eigenvalue weighted by atomic mass is 35.5. The van der Waals surface area contributed by atoms with E-state index in [2.05, 4.69) is 22.8 Å². The monoisotopic (exact) mass is 294 g/mol. The van der Waals surface area contributed by atoms with Gasteiger partial charge in [0.25, 0.3) is 0 Å². The lowest BCUT2D eigenvalue weighted by molar-refractivity contribution is -0.118. The molecule has 110 valence electrons. The summed E-state index contributed by atoms with van der Waals surface area (Å²) in [4.78, 5) is 12.2. The van der Waals surface area contributed by atoms with Gasteiger partial charge >= 0.3 is 0 Å². The molecule has 0 unspecified atom stereocenters. The normalized spacial score (nSPS) is 22.5. The Balaban J connectivity index is 0.00000147. The molecule has 2 fully saturated rings. The smallest absolute Gasteiger partial charge is 0.241 e. The van der Waals surface area contributed by atoms with Crippen molar-refractivity contribution in [2.24, 2.45) is 0 Å². The lowest BCUT2D eigenvalue weighted by Crippen LogP contribution is -2.39. The van der Waals surface area contributed by atoms with Crippen LogP contribution in [0.2, 0.25) is 0 Å². The summed E-state index contributed by atoms with van der Waals surface area (Å²) < 4.78 is 0. The number of carbonyl (C=O) groups excluding carboxylic acids is 1. The van der Waals surface area contributed by atoms with Crippen molar-refractivity contribution in [2.45, 2.75) is 50.5 Å². The summed E-state index contributed by atoms with van der Waals surface area (Å²) in [6, 6.07) is 8.33. The van der Waals surface area contributed by atoms with Gasteiger partial charge in [0.15, 0.2) is 0 Å². The zero-order valence-corrected chi connectivity index (χ0v) is 12.5. The molecule has 1 heterocycles. The van der Waals surface area contributed by atoms with E-state index in [-0.39, 0.29) is 24.4 Å². The fraction of sp³-hybridized carbons (Fsp3) is 0.562. The first-order valence-corrected chi connectivity index (χ1v) is 7.47. The molecule has 2 aliphatic rings.